The van der Waals surface area contributed by atoms with E-state index in [0.29, 0.717) is 29.6 Å². The van der Waals surface area contributed by atoms with E-state index >= 15 is 0 Å². The fourth-order valence-electron chi connectivity index (χ4n) is 2.06. The van der Waals surface area contributed by atoms with Gasteiger partial charge in [-0.1, -0.05) is 26.0 Å². The minimum atomic E-state index is -0.370. The number of H-pyrrole nitrogens is 1. The number of carbonyl (C=O) groups is 1. The lowest BCUT2D eigenvalue weighted by atomic mass is 10.0. The Morgan fingerprint density at radius 3 is 2.57 bits per heavy atom. The van der Waals surface area contributed by atoms with E-state index in [2.05, 4.69) is 41.5 Å². The number of rotatable bonds is 5. The summed E-state index contributed by atoms with van der Waals surface area (Å²) in [5.41, 5.74) is 3.29. The lowest BCUT2D eigenvalue weighted by molar-refractivity contribution is 0.0527. The van der Waals surface area contributed by atoms with Crippen LogP contribution in [0, 0.1) is 6.92 Å². The van der Waals surface area contributed by atoms with Gasteiger partial charge in [0.05, 0.1) is 6.61 Å². The first-order valence-electron chi connectivity index (χ1n) is 7.12. The quantitative estimate of drug-likeness (QED) is 0.822. The van der Waals surface area contributed by atoms with Crippen molar-refractivity contribution in [2.45, 2.75) is 33.6 Å². The van der Waals surface area contributed by atoms with Gasteiger partial charge in [-0.05, 0) is 37.5 Å². The Hall–Kier alpha value is -2.30. The number of ether oxygens (including phenoxy) is 1. The molecule has 0 fully saturated rings. The molecule has 0 bridgehead atoms. The fourth-order valence-corrected chi connectivity index (χ4v) is 2.06. The third-order valence-electron chi connectivity index (χ3n) is 3.27. The zero-order chi connectivity index (χ0) is 15.4. The first kappa shape index (κ1) is 15.1. The van der Waals surface area contributed by atoms with Crippen LogP contribution in [0.5, 0.6) is 0 Å². The number of carbonyl (C=O) groups excluding carboxylic acids is 1. The number of hydrogen-bond donors (Lipinski definition) is 2. The van der Waals surface area contributed by atoms with Gasteiger partial charge < -0.3 is 10.1 Å². The average Bonchev–Trinajstić information content (AvgIpc) is 2.80. The number of hydrogen-bond acceptors (Lipinski definition) is 4. The zero-order valence-corrected chi connectivity index (χ0v) is 12.9. The number of aromatic nitrogens is 2. The van der Waals surface area contributed by atoms with Crippen LogP contribution in [0.1, 0.15) is 48.3 Å². The van der Waals surface area contributed by atoms with Crippen molar-refractivity contribution in [2.75, 3.05) is 11.9 Å². The molecule has 0 saturated carbocycles. The molecule has 112 valence electrons. The summed E-state index contributed by atoms with van der Waals surface area (Å²) in [5, 5.41) is 10.1. The number of nitrogens with zero attached hydrogens (tertiary/aromatic N) is 1. The Kier molecular flexibility index (Phi) is 4.62. The molecule has 2 aromatic rings. The van der Waals surface area contributed by atoms with Crippen LogP contribution < -0.4 is 5.32 Å². The van der Waals surface area contributed by atoms with Gasteiger partial charge >= 0.3 is 5.97 Å². The minimum Gasteiger partial charge on any atom is -0.462 e. The molecular formula is C16H21N3O2. The molecule has 0 spiro atoms. The molecule has 1 aromatic carbocycles. The van der Waals surface area contributed by atoms with Crippen molar-refractivity contribution in [2.24, 2.45) is 0 Å². The van der Waals surface area contributed by atoms with Crippen LogP contribution in [0.15, 0.2) is 24.3 Å². The molecule has 0 atom stereocenters. The van der Waals surface area contributed by atoms with Crippen molar-refractivity contribution in [3.05, 3.63) is 41.1 Å². The average molecular weight is 287 g/mol. The molecule has 0 amide bonds. The molecule has 21 heavy (non-hydrogen) atoms. The Morgan fingerprint density at radius 2 is 2.00 bits per heavy atom. The third kappa shape index (κ3) is 3.42. The van der Waals surface area contributed by atoms with E-state index in [0.717, 1.165) is 5.69 Å². The summed E-state index contributed by atoms with van der Waals surface area (Å²) in [4.78, 5) is 12.0. The Morgan fingerprint density at radius 1 is 1.33 bits per heavy atom. The molecule has 0 saturated heterocycles. The standard InChI is InChI=1S/C16H21N3O2/c1-5-21-16(20)14-11(4)18-19-15(14)17-13-8-6-12(7-9-13)10(2)3/h6-10H,5H2,1-4H3,(H2,17,18,19). The van der Waals surface area contributed by atoms with E-state index in [1.165, 1.54) is 5.56 Å². The summed E-state index contributed by atoms with van der Waals surface area (Å²) in [5.74, 6) is 0.607. The second-order valence-electron chi connectivity index (χ2n) is 5.19. The van der Waals surface area contributed by atoms with E-state index in [-0.39, 0.29) is 5.97 Å². The van der Waals surface area contributed by atoms with Crippen LogP contribution in [-0.4, -0.2) is 22.8 Å². The van der Waals surface area contributed by atoms with Crippen LogP contribution in [-0.2, 0) is 4.74 Å². The first-order valence-corrected chi connectivity index (χ1v) is 7.12. The number of nitrogens with one attached hydrogen (secondary N) is 2. The normalized spacial score (nSPS) is 10.7. The van der Waals surface area contributed by atoms with Gasteiger partial charge in [0.15, 0.2) is 5.82 Å². The molecule has 0 radical (unpaired) electrons. The van der Waals surface area contributed by atoms with Crippen molar-refractivity contribution < 1.29 is 9.53 Å². The molecule has 0 aliphatic heterocycles. The van der Waals surface area contributed by atoms with Crippen LogP contribution in [0.3, 0.4) is 0 Å². The molecule has 0 aliphatic carbocycles. The Balaban J connectivity index is 2.21. The highest BCUT2D eigenvalue weighted by Crippen LogP contribution is 2.23. The minimum absolute atomic E-state index is 0.339. The van der Waals surface area contributed by atoms with E-state index < -0.39 is 0 Å². The Labute approximate surface area is 124 Å². The van der Waals surface area contributed by atoms with Gasteiger partial charge in [-0.25, -0.2) is 4.79 Å². The van der Waals surface area contributed by atoms with Crippen LogP contribution >= 0.6 is 0 Å². The molecule has 1 aromatic heterocycles. The summed E-state index contributed by atoms with van der Waals surface area (Å²) in [6.45, 7) is 8.22. The van der Waals surface area contributed by atoms with Gasteiger partial charge in [0.2, 0.25) is 0 Å². The molecule has 2 N–H and O–H groups in total. The van der Waals surface area contributed by atoms with Crippen molar-refractivity contribution >= 4 is 17.5 Å². The van der Waals surface area contributed by atoms with Crippen molar-refractivity contribution in [3.8, 4) is 0 Å². The Bertz CT molecular complexity index is 615. The van der Waals surface area contributed by atoms with E-state index in [1.807, 2.05) is 12.1 Å². The molecule has 0 unspecified atom stereocenters. The highest BCUT2D eigenvalue weighted by Gasteiger charge is 2.19. The van der Waals surface area contributed by atoms with E-state index in [4.69, 9.17) is 4.74 Å². The zero-order valence-electron chi connectivity index (χ0n) is 12.9. The summed E-state index contributed by atoms with van der Waals surface area (Å²) in [7, 11) is 0. The monoisotopic (exact) mass is 287 g/mol. The summed E-state index contributed by atoms with van der Waals surface area (Å²) in [6.07, 6.45) is 0. The lowest BCUT2D eigenvalue weighted by Crippen LogP contribution is -2.08. The second-order valence-corrected chi connectivity index (χ2v) is 5.19. The van der Waals surface area contributed by atoms with E-state index in [1.54, 1.807) is 13.8 Å². The van der Waals surface area contributed by atoms with E-state index in [9.17, 15) is 4.79 Å². The smallest absolute Gasteiger partial charge is 0.343 e. The molecule has 0 aliphatic rings. The highest BCUT2D eigenvalue weighted by molar-refractivity contribution is 5.96. The molecule has 1 heterocycles. The maximum Gasteiger partial charge on any atom is 0.343 e. The third-order valence-corrected chi connectivity index (χ3v) is 3.27. The maximum atomic E-state index is 12.0. The highest BCUT2D eigenvalue weighted by atomic mass is 16.5. The van der Waals surface area contributed by atoms with Crippen molar-refractivity contribution in [1.29, 1.82) is 0 Å². The number of benzene rings is 1. The van der Waals surface area contributed by atoms with Gasteiger partial charge in [0.1, 0.15) is 5.56 Å². The number of aryl methyl sites for hydroxylation is 1. The predicted octanol–water partition coefficient (Wildman–Crippen LogP) is 3.76. The van der Waals surface area contributed by atoms with Crippen molar-refractivity contribution in [1.82, 2.24) is 10.2 Å². The summed E-state index contributed by atoms with van der Waals surface area (Å²) < 4.78 is 5.06. The van der Waals surface area contributed by atoms with Crippen molar-refractivity contribution in [3.63, 3.8) is 0 Å². The van der Waals surface area contributed by atoms with Gasteiger partial charge in [0, 0.05) is 11.4 Å². The molecule has 5 nitrogen and oxygen atoms in total. The number of anilines is 2. The molecular weight excluding hydrogens is 266 g/mol. The first-order chi connectivity index (χ1) is 10.0. The summed E-state index contributed by atoms with van der Waals surface area (Å²) >= 11 is 0. The predicted molar refractivity (Wildman–Crippen MR) is 83.1 cm³/mol. The van der Waals surface area contributed by atoms with Gasteiger partial charge in [-0.3, -0.25) is 5.10 Å². The van der Waals surface area contributed by atoms with Crippen LogP contribution in [0.4, 0.5) is 11.5 Å². The number of aromatic amines is 1. The van der Waals surface area contributed by atoms with Crippen LogP contribution in [0.25, 0.3) is 0 Å². The lowest BCUT2D eigenvalue weighted by Gasteiger charge is -2.09. The molecule has 5 heteroatoms. The van der Waals surface area contributed by atoms with Gasteiger partial charge in [-0.15, -0.1) is 0 Å². The maximum absolute atomic E-state index is 12.0. The second kappa shape index (κ2) is 6.43. The van der Waals surface area contributed by atoms with Crippen LogP contribution in [0.2, 0.25) is 0 Å². The van der Waals surface area contributed by atoms with Gasteiger partial charge in [0.25, 0.3) is 0 Å². The van der Waals surface area contributed by atoms with Gasteiger partial charge in [-0.2, -0.15) is 5.10 Å². The SMILES string of the molecule is CCOC(=O)c1c(Nc2ccc(C(C)C)cc2)n[nH]c1C. The summed E-state index contributed by atoms with van der Waals surface area (Å²) in [6, 6.07) is 8.09. The molecule has 2 rings (SSSR count). The largest absolute Gasteiger partial charge is 0.462 e. The number of esters is 1. The topological polar surface area (TPSA) is 67.0 Å². The fraction of sp³-hybridized carbons (Fsp3) is 0.375.